The van der Waals surface area contributed by atoms with E-state index in [4.69, 9.17) is 4.74 Å². The number of methoxy groups -OCH3 is 1. The Morgan fingerprint density at radius 3 is 1.51 bits per heavy atom. The molecular weight excluding hydrogens is 524 g/mol. The lowest BCUT2D eigenvalue weighted by Gasteiger charge is -2.22. The molecule has 0 fully saturated rings. The number of ether oxygens (including phenoxy) is 1. The molecule has 0 heterocycles. The van der Waals surface area contributed by atoms with Crippen LogP contribution in [-0.4, -0.2) is 18.5 Å². The first-order valence-corrected chi connectivity index (χ1v) is 17.9. The maximum absolute atomic E-state index is 12.3. The molecule has 0 aromatic carbocycles. The van der Waals surface area contributed by atoms with Gasteiger partial charge < -0.3 is 4.74 Å². The summed E-state index contributed by atoms with van der Waals surface area (Å²) in [6.07, 6.45) is 30.3. The number of rotatable bonds is 26. The zero-order valence-electron chi connectivity index (χ0n) is 30.9. The van der Waals surface area contributed by atoms with Gasteiger partial charge in [0.15, 0.2) is 5.78 Å². The molecule has 43 heavy (non-hydrogen) atoms. The van der Waals surface area contributed by atoms with Gasteiger partial charge in [0.05, 0.1) is 0 Å². The Morgan fingerprint density at radius 2 is 1.00 bits per heavy atom. The molecule has 0 aromatic rings. The fourth-order valence-corrected chi connectivity index (χ4v) is 5.59. The predicted octanol–water partition coefficient (Wildman–Crippen LogP) is 13.3. The molecule has 0 saturated heterocycles. The van der Waals surface area contributed by atoms with Crippen molar-refractivity contribution in [2.75, 3.05) is 7.11 Å². The maximum atomic E-state index is 12.3. The number of carbonyl (C=O) groups excluding carboxylic acids is 1. The van der Waals surface area contributed by atoms with Crippen LogP contribution in [0.15, 0.2) is 46.6 Å². The van der Waals surface area contributed by atoms with Gasteiger partial charge >= 0.3 is 0 Å². The topological polar surface area (TPSA) is 26.3 Å². The van der Waals surface area contributed by atoms with Crippen LogP contribution in [0, 0.1) is 17.8 Å². The fourth-order valence-electron chi connectivity index (χ4n) is 5.59. The van der Waals surface area contributed by atoms with Crippen molar-refractivity contribution in [1.29, 1.82) is 0 Å². The molecule has 0 spiro atoms. The van der Waals surface area contributed by atoms with Crippen LogP contribution in [0.3, 0.4) is 0 Å². The van der Waals surface area contributed by atoms with E-state index in [1.165, 1.54) is 107 Å². The molecule has 0 bridgehead atoms. The van der Waals surface area contributed by atoms with E-state index in [0.29, 0.717) is 12.3 Å². The van der Waals surface area contributed by atoms with Crippen molar-refractivity contribution in [2.24, 2.45) is 17.8 Å². The molecule has 0 aliphatic heterocycles. The lowest BCUT2D eigenvalue weighted by atomic mass is 9.92. The van der Waals surface area contributed by atoms with E-state index in [-0.39, 0.29) is 5.78 Å². The zero-order chi connectivity index (χ0) is 32.7. The number of Topliss-reactive ketones (excluding diaryl/α,β-unsaturated/α-hetero) is 1. The minimum absolute atomic E-state index is 0.217. The Labute approximate surface area is 270 Å². The Kier molecular flexibility index (Phi) is 24.0. The van der Waals surface area contributed by atoms with Gasteiger partial charge in [-0.2, -0.15) is 0 Å². The highest BCUT2D eigenvalue weighted by molar-refractivity contribution is 5.86. The minimum Gasteiger partial charge on any atom is -0.371 e. The van der Waals surface area contributed by atoms with E-state index in [9.17, 15) is 4.79 Å². The molecule has 0 aliphatic carbocycles. The number of ketones is 1. The number of hydrogen-bond donors (Lipinski definition) is 0. The second kappa shape index (κ2) is 24.9. The van der Waals surface area contributed by atoms with Crippen molar-refractivity contribution >= 4 is 5.78 Å². The highest BCUT2D eigenvalue weighted by atomic mass is 16.5. The van der Waals surface area contributed by atoms with Gasteiger partial charge in [-0.25, -0.2) is 0 Å². The molecule has 0 radical (unpaired) electrons. The first-order chi connectivity index (χ1) is 20.3. The van der Waals surface area contributed by atoms with Crippen LogP contribution in [0.1, 0.15) is 178 Å². The number of unbranched alkanes of at least 4 members (excludes halogenated alkanes) is 1. The summed E-state index contributed by atoms with van der Waals surface area (Å²) >= 11 is 0. The second-order valence-electron chi connectivity index (χ2n) is 14.8. The second-order valence-corrected chi connectivity index (χ2v) is 14.8. The Hall–Kier alpha value is -1.41. The Balaban J connectivity index is 3.95. The molecule has 0 amide bonds. The van der Waals surface area contributed by atoms with E-state index in [1.54, 1.807) is 18.3 Å². The van der Waals surface area contributed by atoms with Gasteiger partial charge in [-0.15, -0.1) is 0 Å². The largest absolute Gasteiger partial charge is 0.371 e. The molecule has 0 rings (SSSR count). The van der Waals surface area contributed by atoms with Crippen molar-refractivity contribution in [3.05, 3.63) is 46.6 Å². The summed E-state index contributed by atoms with van der Waals surface area (Å²) in [6, 6.07) is 0. The van der Waals surface area contributed by atoms with Crippen LogP contribution < -0.4 is 0 Å². The summed E-state index contributed by atoms with van der Waals surface area (Å²) in [4.78, 5) is 12.3. The molecule has 0 aliphatic rings. The number of hydrogen-bond acceptors (Lipinski definition) is 2. The standard InChI is InChI=1S/C41H74O2/c1-33(2)19-14-22-36(5)25-17-28-37(6)26-15-23-34(3)20-12-13-21-35(4)24-16-27-38(7)29-18-30-39(8)31-32-40(42)41(9,10)43-11/h19,23,25,27,35,37,39H,12-18,20-22,24,26,28-32H2,1-11H3/b34-23+,36-25+,38-27+/t35?,37-,39?/m0/s1. The van der Waals surface area contributed by atoms with Crippen molar-refractivity contribution in [3.63, 3.8) is 0 Å². The maximum Gasteiger partial charge on any atom is 0.164 e. The van der Waals surface area contributed by atoms with Crippen LogP contribution in [0.4, 0.5) is 0 Å². The summed E-state index contributed by atoms with van der Waals surface area (Å²) in [5.74, 6) is 2.43. The summed E-state index contributed by atoms with van der Waals surface area (Å²) in [6.45, 7) is 22.2. The van der Waals surface area contributed by atoms with Crippen LogP contribution in [0.2, 0.25) is 0 Å². The third-order valence-electron chi connectivity index (χ3n) is 9.38. The first-order valence-electron chi connectivity index (χ1n) is 17.9. The SMILES string of the molecule is COC(C)(C)C(=O)CCC(C)CCC/C(C)=C/CCC(C)CCCC/C(C)=C/CC[C@H](C)CC/C=C(\C)CCC=C(C)C. The summed E-state index contributed by atoms with van der Waals surface area (Å²) in [5, 5.41) is 0. The molecule has 0 saturated carbocycles. The summed E-state index contributed by atoms with van der Waals surface area (Å²) in [5.41, 5.74) is 5.46. The molecular formula is C41H74O2. The highest BCUT2D eigenvalue weighted by Gasteiger charge is 2.26. The number of carbonyl (C=O) groups is 1. The normalized spacial score (nSPS) is 15.4. The van der Waals surface area contributed by atoms with Gasteiger partial charge in [0.2, 0.25) is 0 Å². The molecule has 0 N–H and O–H groups in total. The Morgan fingerprint density at radius 1 is 0.558 bits per heavy atom. The smallest absolute Gasteiger partial charge is 0.164 e. The van der Waals surface area contributed by atoms with Gasteiger partial charge in [-0.05, 0) is 150 Å². The fraction of sp³-hybridized carbons (Fsp3) is 0.780. The van der Waals surface area contributed by atoms with Crippen LogP contribution in [0.25, 0.3) is 0 Å². The minimum atomic E-state index is -0.645. The first kappa shape index (κ1) is 41.6. The quantitative estimate of drug-likeness (QED) is 0.0731. The molecule has 2 heteroatoms. The van der Waals surface area contributed by atoms with Gasteiger partial charge in [0.25, 0.3) is 0 Å². The van der Waals surface area contributed by atoms with Crippen molar-refractivity contribution < 1.29 is 9.53 Å². The predicted molar refractivity (Wildman–Crippen MR) is 193 cm³/mol. The summed E-state index contributed by atoms with van der Waals surface area (Å²) < 4.78 is 5.32. The van der Waals surface area contributed by atoms with Crippen LogP contribution in [-0.2, 0) is 9.53 Å². The zero-order valence-corrected chi connectivity index (χ0v) is 30.9. The lowest BCUT2D eigenvalue weighted by molar-refractivity contribution is -0.137. The Bertz CT molecular complexity index is 849. The van der Waals surface area contributed by atoms with Crippen LogP contribution in [0.5, 0.6) is 0 Å². The van der Waals surface area contributed by atoms with E-state index in [2.05, 4.69) is 79.7 Å². The van der Waals surface area contributed by atoms with E-state index >= 15 is 0 Å². The van der Waals surface area contributed by atoms with Crippen molar-refractivity contribution in [2.45, 2.75) is 184 Å². The molecule has 2 nitrogen and oxygen atoms in total. The third-order valence-corrected chi connectivity index (χ3v) is 9.38. The third kappa shape index (κ3) is 24.6. The van der Waals surface area contributed by atoms with Gasteiger partial charge in [-0.1, -0.05) is 86.6 Å². The average molecular weight is 599 g/mol. The molecule has 250 valence electrons. The van der Waals surface area contributed by atoms with Gasteiger partial charge in [0.1, 0.15) is 5.60 Å². The van der Waals surface area contributed by atoms with E-state index in [0.717, 1.165) is 18.3 Å². The molecule has 0 aromatic heterocycles. The van der Waals surface area contributed by atoms with Gasteiger partial charge in [0, 0.05) is 13.5 Å². The highest BCUT2D eigenvalue weighted by Crippen LogP contribution is 2.22. The molecule has 2 unspecified atom stereocenters. The van der Waals surface area contributed by atoms with Crippen molar-refractivity contribution in [1.82, 2.24) is 0 Å². The van der Waals surface area contributed by atoms with Crippen molar-refractivity contribution in [3.8, 4) is 0 Å². The average Bonchev–Trinajstić information content (AvgIpc) is 2.93. The van der Waals surface area contributed by atoms with E-state index < -0.39 is 5.60 Å². The van der Waals surface area contributed by atoms with Crippen LogP contribution >= 0.6 is 0 Å². The monoisotopic (exact) mass is 599 g/mol. The summed E-state index contributed by atoms with van der Waals surface area (Å²) in [7, 11) is 1.62. The lowest BCUT2D eigenvalue weighted by Crippen LogP contribution is -2.33. The number of allylic oxidation sites excluding steroid dienone is 8. The molecule has 3 atom stereocenters. The van der Waals surface area contributed by atoms with Gasteiger partial charge in [-0.3, -0.25) is 4.79 Å². The van der Waals surface area contributed by atoms with E-state index in [1.807, 2.05) is 13.8 Å².